The van der Waals surface area contributed by atoms with Crippen molar-refractivity contribution >= 4 is 11.9 Å². The summed E-state index contributed by atoms with van der Waals surface area (Å²) < 4.78 is 5.08. The molecule has 0 unspecified atom stereocenters. The molecule has 1 aliphatic rings. The molecule has 2 aromatic carbocycles. The van der Waals surface area contributed by atoms with Gasteiger partial charge in [-0.25, -0.2) is 0 Å². The van der Waals surface area contributed by atoms with Crippen LogP contribution in [0, 0.1) is 0 Å². The van der Waals surface area contributed by atoms with Gasteiger partial charge in [-0.2, -0.15) is 0 Å². The highest BCUT2D eigenvalue weighted by Gasteiger charge is 2.16. The Hall–Kier alpha value is -2.83. The van der Waals surface area contributed by atoms with Crippen molar-refractivity contribution in [2.45, 2.75) is 6.54 Å². The van der Waals surface area contributed by atoms with Crippen molar-refractivity contribution in [2.24, 2.45) is 0 Å². The van der Waals surface area contributed by atoms with Crippen molar-refractivity contribution in [1.29, 1.82) is 0 Å². The van der Waals surface area contributed by atoms with E-state index in [1.807, 2.05) is 6.07 Å². The summed E-state index contributed by atoms with van der Waals surface area (Å²) in [7, 11) is 3.65. The maximum atomic E-state index is 12.4. The number of methoxy groups -OCH3 is 1. The molecular formula is C22H26N2O4. The molecule has 6 nitrogen and oxygen atoms in total. The molecule has 0 amide bonds. The summed E-state index contributed by atoms with van der Waals surface area (Å²) in [6.07, 6.45) is 1.43. The highest BCUT2D eigenvalue weighted by Crippen LogP contribution is 2.23. The Morgan fingerprint density at radius 3 is 2.43 bits per heavy atom. The van der Waals surface area contributed by atoms with E-state index >= 15 is 0 Å². The lowest BCUT2D eigenvalue weighted by Crippen LogP contribution is -2.43. The van der Waals surface area contributed by atoms with Gasteiger partial charge in [0, 0.05) is 43.9 Å². The minimum atomic E-state index is -0.462. The topological polar surface area (TPSA) is 73.2 Å². The Morgan fingerprint density at radius 1 is 1.11 bits per heavy atom. The molecule has 1 saturated heterocycles. The summed E-state index contributed by atoms with van der Waals surface area (Å²) in [6, 6.07) is 11.7. The van der Waals surface area contributed by atoms with Gasteiger partial charge in [-0.3, -0.25) is 9.69 Å². The SMILES string of the molecule is COc1ccc(C(=O)/C(O)=C/c2ccc(O)c(CN3CCN(C)CC3)c2)cc1. The Labute approximate surface area is 165 Å². The second-order valence-electron chi connectivity index (χ2n) is 7.05. The first-order valence-corrected chi connectivity index (χ1v) is 9.28. The van der Waals surface area contributed by atoms with Crippen molar-refractivity contribution in [2.75, 3.05) is 40.3 Å². The van der Waals surface area contributed by atoms with Crippen molar-refractivity contribution in [3.05, 3.63) is 64.9 Å². The van der Waals surface area contributed by atoms with Gasteiger partial charge < -0.3 is 19.8 Å². The van der Waals surface area contributed by atoms with E-state index < -0.39 is 5.78 Å². The molecule has 1 fully saturated rings. The minimum Gasteiger partial charge on any atom is -0.508 e. The first-order chi connectivity index (χ1) is 13.5. The number of aliphatic hydroxyl groups excluding tert-OH is 1. The van der Waals surface area contributed by atoms with E-state index in [1.54, 1.807) is 43.5 Å². The van der Waals surface area contributed by atoms with Gasteiger partial charge in [0.15, 0.2) is 5.76 Å². The number of piperazine rings is 1. The molecule has 0 radical (unpaired) electrons. The van der Waals surface area contributed by atoms with Gasteiger partial charge in [0.2, 0.25) is 5.78 Å². The van der Waals surface area contributed by atoms with E-state index in [2.05, 4.69) is 16.8 Å². The number of hydrogen-bond donors (Lipinski definition) is 2. The van der Waals surface area contributed by atoms with Gasteiger partial charge in [0.05, 0.1) is 7.11 Å². The zero-order valence-electron chi connectivity index (χ0n) is 16.3. The number of allylic oxidation sites excluding steroid dienone is 1. The average molecular weight is 382 g/mol. The van der Waals surface area contributed by atoms with Crippen molar-refractivity contribution in [1.82, 2.24) is 9.80 Å². The number of aromatic hydroxyl groups is 1. The summed E-state index contributed by atoms with van der Waals surface area (Å²) in [4.78, 5) is 17.0. The van der Waals surface area contributed by atoms with E-state index in [-0.39, 0.29) is 11.5 Å². The van der Waals surface area contributed by atoms with Gasteiger partial charge in [-0.05, 0) is 55.1 Å². The summed E-state index contributed by atoms with van der Waals surface area (Å²) in [5, 5.41) is 20.5. The van der Waals surface area contributed by atoms with E-state index in [0.717, 1.165) is 31.7 Å². The minimum absolute atomic E-state index is 0.219. The van der Waals surface area contributed by atoms with E-state index in [9.17, 15) is 15.0 Å². The van der Waals surface area contributed by atoms with Crippen LogP contribution >= 0.6 is 0 Å². The molecule has 0 aromatic heterocycles. The smallest absolute Gasteiger partial charge is 0.227 e. The Bertz CT molecular complexity index is 853. The van der Waals surface area contributed by atoms with Crippen LogP contribution in [0.2, 0.25) is 0 Å². The maximum absolute atomic E-state index is 12.4. The molecule has 2 N–H and O–H groups in total. The van der Waals surface area contributed by atoms with Crippen LogP contribution in [0.1, 0.15) is 21.5 Å². The van der Waals surface area contributed by atoms with Crippen LogP contribution in [-0.4, -0.2) is 66.1 Å². The van der Waals surface area contributed by atoms with Crippen molar-refractivity contribution in [3.63, 3.8) is 0 Å². The van der Waals surface area contributed by atoms with Gasteiger partial charge in [-0.1, -0.05) is 6.07 Å². The standard InChI is InChI=1S/C22H26N2O4/c1-23-9-11-24(12-10-23)15-18-13-16(3-8-20(18)25)14-21(26)22(27)17-4-6-19(28-2)7-5-17/h3-8,13-14,25-26H,9-12,15H2,1-2H3/b21-14-. The molecule has 0 bridgehead atoms. The zero-order valence-corrected chi connectivity index (χ0v) is 16.3. The number of benzene rings is 2. The number of aliphatic hydroxyl groups is 1. The predicted octanol–water partition coefficient (Wildman–Crippen LogP) is 2.93. The van der Waals surface area contributed by atoms with Gasteiger partial charge >= 0.3 is 0 Å². The second-order valence-corrected chi connectivity index (χ2v) is 7.05. The van der Waals surface area contributed by atoms with E-state index in [1.165, 1.54) is 6.08 Å². The third-order valence-corrected chi connectivity index (χ3v) is 4.98. The molecule has 1 aliphatic heterocycles. The summed E-state index contributed by atoms with van der Waals surface area (Å²) >= 11 is 0. The molecular weight excluding hydrogens is 356 g/mol. The van der Waals surface area contributed by atoms with Crippen LogP contribution in [0.5, 0.6) is 11.5 Å². The largest absolute Gasteiger partial charge is 0.508 e. The molecule has 0 saturated carbocycles. The lowest BCUT2D eigenvalue weighted by molar-refractivity contribution is 0.0980. The number of phenolic OH excluding ortho intramolecular Hbond substituents is 1. The number of carbonyl (C=O) groups is 1. The zero-order chi connectivity index (χ0) is 20.1. The lowest BCUT2D eigenvalue weighted by atomic mass is 10.0. The van der Waals surface area contributed by atoms with Crippen molar-refractivity contribution < 1.29 is 19.7 Å². The quantitative estimate of drug-likeness (QED) is 0.455. The molecule has 6 heteroatoms. The summed E-state index contributed by atoms with van der Waals surface area (Å²) in [6.45, 7) is 4.51. The number of hydrogen-bond acceptors (Lipinski definition) is 6. The molecule has 2 aromatic rings. The molecule has 0 spiro atoms. The Kier molecular flexibility index (Phi) is 6.34. The fourth-order valence-corrected chi connectivity index (χ4v) is 3.18. The summed E-state index contributed by atoms with van der Waals surface area (Å²) in [5.41, 5.74) is 1.83. The Balaban J connectivity index is 1.74. The lowest BCUT2D eigenvalue weighted by Gasteiger charge is -2.32. The number of rotatable bonds is 6. The number of phenols is 1. The van der Waals surface area contributed by atoms with Crippen LogP contribution in [0.3, 0.4) is 0 Å². The first-order valence-electron chi connectivity index (χ1n) is 9.28. The highest BCUT2D eigenvalue weighted by atomic mass is 16.5. The predicted molar refractivity (Wildman–Crippen MR) is 109 cm³/mol. The van der Waals surface area contributed by atoms with E-state index in [4.69, 9.17) is 4.74 Å². The van der Waals surface area contributed by atoms with Crippen LogP contribution in [-0.2, 0) is 6.54 Å². The number of ether oxygens (including phenoxy) is 1. The third kappa shape index (κ3) is 4.91. The maximum Gasteiger partial charge on any atom is 0.227 e. The van der Waals surface area contributed by atoms with Crippen LogP contribution in [0.15, 0.2) is 48.2 Å². The van der Waals surface area contributed by atoms with Crippen molar-refractivity contribution in [3.8, 4) is 11.5 Å². The highest BCUT2D eigenvalue weighted by molar-refractivity contribution is 6.09. The van der Waals surface area contributed by atoms with Gasteiger partial charge in [-0.15, -0.1) is 0 Å². The van der Waals surface area contributed by atoms with Crippen LogP contribution in [0.25, 0.3) is 6.08 Å². The normalized spacial score (nSPS) is 16.1. The molecule has 148 valence electrons. The number of carbonyl (C=O) groups excluding carboxylic acids is 1. The fraction of sp³-hybridized carbons (Fsp3) is 0.318. The molecule has 0 aliphatic carbocycles. The monoisotopic (exact) mass is 382 g/mol. The van der Waals surface area contributed by atoms with E-state index in [0.29, 0.717) is 23.4 Å². The number of ketones is 1. The van der Waals surface area contributed by atoms with Crippen LogP contribution in [0.4, 0.5) is 0 Å². The number of likely N-dealkylation sites (N-methyl/N-ethyl adjacent to an activating group) is 1. The fourth-order valence-electron chi connectivity index (χ4n) is 3.18. The van der Waals surface area contributed by atoms with Gasteiger partial charge in [0.1, 0.15) is 11.5 Å². The van der Waals surface area contributed by atoms with Gasteiger partial charge in [0.25, 0.3) is 0 Å². The van der Waals surface area contributed by atoms with Crippen LogP contribution < -0.4 is 4.74 Å². The number of Topliss-reactive ketones (excluding diaryl/α,β-unsaturated/α-hetero) is 1. The second kappa shape index (κ2) is 8.91. The first kappa shape index (κ1) is 19.9. The molecule has 3 rings (SSSR count). The molecule has 0 atom stereocenters. The molecule has 1 heterocycles. The third-order valence-electron chi connectivity index (χ3n) is 4.98. The average Bonchev–Trinajstić information content (AvgIpc) is 2.71. The molecule has 28 heavy (non-hydrogen) atoms. The Morgan fingerprint density at radius 2 is 1.79 bits per heavy atom. The number of nitrogens with zero attached hydrogens (tertiary/aromatic N) is 2. The summed E-state index contributed by atoms with van der Waals surface area (Å²) in [5.74, 6) is 0.0573.